The first-order valence-corrected chi connectivity index (χ1v) is 10.8. The molecular weight excluding hydrogens is 457 g/mol. The lowest BCUT2D eigenvalue weighted by Crippen LogP contribution is -2.41. The molecule has 2 aromatic carbocycles. The van der Waals surface area contributed by atoms with Crippen LogP contribution in [0.25, 0.3) is 0 Å². The van der Waals surface area contributed by atoms with Crippen LogP contribution in [0.2, 0.25) is 5.02 Å². The Morgan fingerprint density at radius 2 is 1.97 bits per heavy atom. The topological polar surface area (TPSA) is 80.2 Å². The summed E-state index contributed by atoms with van der Waals surface area (Å²) < 4.78 is 23.8. The number of halogens is 2. The van der Waals surface area contributed by atoms with Crippen molar-refractivity contribution in [2.24, 2.45) is 5.10 Å². The Kier molecular flexibility index (Phi) is 7.76. The van der Waals surface area contributed by atoms with Crippen LogP contribution >= 0.6 is 23.4 Å². The minimum Gasteiger partial charge on any atom is -0.495 e. The Labute approximate surface area is 194 Å². The second-order valence-corrected chi connectivity index (χ2v) is 8.27. The molecule has 0 aliphatic carbocycles. The molecule has 0 aromatic heterocycles. The summed E-state index contributed by atoms with van der Waals surface area (Å²) in [4.78, 5) is 25.6. The van der Waals surface area contributed by atoms with E-state index in [1.54, 1.807) is 24.3 Å². The molecule has 1 unspecified atom stereocenters. The molecule has 7 nitrogen and oxygen atoms in total. The van der Waals surface area contributed by atoms with Crippen LogP contribution in [-0.2, 0) is 9.59 Å². The third kappa shape index (κ3) is 5.41. The van der Waals surface area contributed by atoms with Gasteiger partial charge in [0.15, 0.2) is 0 Å². The number of benzene rings is 2. The summed E-state index contributed by atoms with van der Waals surface area (Å²) in [6.45, 7) is 3.83. The van der Waals surface area contributed by atoms with Crippen molar-refractivity contribution in [2.45, 2.75) is 11.7 Å². The van der Waals surface area contributed by atoms with Crippen LogP contribution in [0.1, 0.15) is 12.0 Å². The average molecular weight is 478 g/mol. The number of hydrogen-bond donors (Lipinski definition) is 1. The van der Waals surface area contributed by atoms with Gasteiger partial charge in [-0.1, -0.05) is 29.4 Å². The molecule has 1 atom stereocenters. The fraction of sp³-hybridized carbons (Fsp3) is 0.227. The van der Waals surface area contributed by atoms with Gasteiger partial charge >= 0.3 is 0 Å². The lowest BCUT2D eigenvalue weighted by molar-refractivity contribution is -0.131. The molecule has 0 bridgehead atoms. The molecule has 0 fully saturated rings. The molecule has 3 rings (SSSR count). The molecule has 1 N–H and O–H groups in total. The monoisotopic (exact) mass is 477 g/mol. The van der Waals surface area contributed by atoms with Gasteiger partial charge in [-0.15, -0.1) is 6.58 Å². The Hall–Kier alpha value is -3.04. The number of hydrogen-bond acceptors (Lipinski definition) is 6. The highest BCUT2D eigenvalue weighted by molar-refractivity contribution is 8.15. The highest BCUT2D eigenvalue weighted by Crippen LogP contribution is 2.36. The predicted octanol–water partition coefficient (Wildman–Crippen LogP) is 4.32. The van der Waals surface area contributed by atoms with E-state index in [0.29, 0.717) is 32.8 Å². The zero-order valence-electron chi connectivity index (χ0n) is 17.4. The van der Waals surface area contributed by atoms with Gasteiger partial charge in [-0.05, 0) is 24.3 Å². The molecule has 32 heavy (non-hydrogen) atoms. The Morgan fingerprint density at radius 1 is 1.28 bits per heavy atom. The van der Waals surface area contributed by atoms with Crippen LogP contribution in [0.3, 0.4) is 0 Å². The predicted molar refractivity (Wildman–Crippen MR) is 124 cm³/mol. The van der Waals surface area contributed by atoms with Gasteiger partial charge in [-0.2, -0.15) is 5.10 Å². The highest BCUT2D eigenvalue weighted by Gasteiger charge is 2.33. The summed E-state index contributed by atoms with van der Waals surface area (Å²) in [6.07, 6.45) is 1.42. The average Bonchev–Trinajstić information content (AvgIpc) is 2.77. The van der Waals surface area contributed by atoms with Crippen molar-refractivity contribution in [3.63, 3.8) is 0 Å². The summed E-state index contributed by atoms with van der Waals surface area (Å²) in [6, 6.07) is 8.85. The lowest BCUT2D eigenvalue weighted by atomic mass is 10.2. The van der Waals surface area contributed by atoms with Gasteiger partial charge in [0.2, 0.25) is 5.91 Å². The summed E-state index contributed by atoms with van der Waals surface area (Å²) in [5.74, 6) is -0.381. The van der Waals surface area contributed by atoms with Gasteiger partial charge in [0, 0.05) is 24.1 Å². The number of hydrazone groups is 1. The fourth-order valence-electron chi connectivity index (χ4n) is 2.96. The summed E-state index contributed by atoms with van der Waals surface area (Å²) in [7, 11) is 2.91. The largest absolute Gasteiger partial charge is 0.495 e. The Balaban J connectivity index is 1.80. The summed E-state index contributed by atoms with van der Waals surface area (Å²) in [5, 5.41) is 8.45. The number of methoxy groups -OCH3 is 2. The van der Waals surface area contributed by atoms with Crippen LogP contribution in [0, 0.1) is 5.82 Å². The van der Waals surface area contributed by atoms with Crippen LogP contribution in [0.4, 0.5) is 10.1 Å². The molecule has 0 spiro atoms. The minimum atomic E-state index is -0.729. The van der Waals surface area contributed by atoms with E-state index in [4.69, 9.17) is 21.1 Å². The molecule has 168 valence electrons. The highest BCUT2D eigenvalue weighted by atomic mass is 35.5. The number of nitrogens with zero attached hydrogens (tertiary/aromatic N) is 2. The van der Waals surface area contributed by atoms with E-state index >= 15 is 0 Å². The van der Waals surface area contributed by atoms with Gasteiger partial charge in [0.25, 0.3) is 5.91 Å². The van der Waals surface area contributed by atoms with E-state index in [1.165, 1.54) is 37.4 Å². The molecule has 0 saturated heterocycles. The van der Waals surface area contributed by atoms with Gasteiger partial charge < -0.3 is 14.8 Å². The van der Waals surface area contributed by atoms with Crippen LogP contribution in [0.5, 0.6) is 11.5 Å². The molecular formula is C22H21ClFN3O4S. The molecule has 2 amide bonds. The van der Waals surface area contributed by atoms with E-state index in [1.807, 2.05) is 0 Å². The van der Waals surface area contributed by atoms with Crippen molar-refractivity contribution < 1.29 is 23.5 Å². The summed E-state index contributed by atoms with van der Waals surface area (Å²) >= 11 is 7.26. The smallest absolute Gasteiger partial charge is 0.257 e. The standard InChI is InChI=1S/C22H21ClFN3O4S/c1-4-9-27-22(29)19(32-21(26-27)13-5-7-14(24)8-6-13)12-20(28)25-16-11-17(30-2)15(23)10-18(16)31-3/h4-8,10-11,19H,1,9,12H2,2-3H3,(H,25,28). The van der Waals surface area contributed by atoms with E-state index in [2.05, 4.69) is 17.0 Å². The van der Waals surface area contributed by atoms with E-state index in [9.17, 15) is 14.0 Å². The second kappa shape index (κ2) is 10.5. The van der Waals surface area contributed by atoms with Crippen molar-refractivity contribution in [1.82, 2.24) is 5.01 Å². The van der Waals surface area contributed by atoms with E-state index in [-0.39, 0.29) is 24.7 Å². The third-order valence-corrected chi connectivity index (χ3v) is 6.00. The first-order valence-electron chi connectivity index (χ1n) is 9.51. The SMILES string of the molecule is C=CCN1N=C(c2ccc(F)cc2)SC(CC(=O)Nc2cc(OC)c(Cl)cc2OC)C1=O. The number of ether oxygens (including phenoxy) is 2. The number of rotatable bonds is 8. The summed E-state index contributed by atoms with van der Waals surface area (Å²) in [5.41, 5.74) is 1.01. The number of thioether (sulfide) groups is 1. The van der Waals surface area contributed by atoms with Gasteiger partial charge in [0.1, 0.15) is 27.6 Å². The number of nitrogens with one attached hydrogen (secondary N) is 1. The number of anilines is 1. The number of amides is 2. The zero-order chi connectivity index (χ0) is 23.3. The van der Waals surface area contributed by atoms with Crippen LogP contribution < -0.4 is 14.8 Å². The normalized spacial score (nSPS) is 15.8. The van der Waals surface area contributed by atoms with Crippen molar-refractivity contribution in [2.75, 3.05) is 26.1 Å². The second-order valence-electron chi connectivity index (χ2n) is 6.67. The first-order chi connectivity index (χ1) is 15.4. The van der Waals surface area contributed by atoms with Crippen LogP contribution in [-0.4, -0.2) is 47.9 Å². The molecule has 0 radical (unpaired) electrons. The maximum atomic E-state index is 13.3. The van der Waals surface area contributed by atoms with Gasteiger partial charge in [-0.25, -0.2) is 9.40 Å². The Morgan fingerprint density at radius 3 is 2.59 bits per heavy atom. The molecule has 0 saturated carbocycles. The van der Waals surface area contributed by atoms with Crippen molar-refractivity contribution >= 4 is 45.9 Å². The third-order valence-electron chi connectivity index (χ3n) is 4.51. The van der Waals surface area contributed by atoms with Crippen molar-refractivity contribution in [3.8, 4) is 11.5 Å². The van der Waals surface area contributed by atoms with E-state index < -0.39 is 11.2 Å². The van der Waals surface area contributed by atoms with Crippen molar-refractivity contribution in [1.29, 1.82) is 0 Å². The van der Waals surface area contributed by atoms with Crippen LogP contribution in [0.15, 0.2) is 54.2 Å². The molecule has 1 heterocycles. The quantitative estimate of drug-likeness (QED) is 0.573. The fourth-order valence-corrected chi connectivity index (χ4v) is 4.34. The van der Waals surface area contributed by atoms with Crippen molar-refractivity contribution in [3.05, 3.63) is 65.5 Å². The number of carbonyl (C=O) groups excluding carboxylic acids is 2. The zero-order valence-corrected chi connectivity index (χ0v) is 19.0. The minimum absolute atomic E-state index is 0.120. The van der Waals surface area contributed by atoms with E-state index in [0.717, 1.165) is 11.8 Å². The molecule has 1 aliphatic heterocycles. The maximum absolute atomic E-state index is 13.3. The number of carbonyl (C=O) groups is 2. The maximum Gasteiger partial charge on any atom is 0.257 e. The molecule has 2 aromatic rings. The first kappa shape index (κ1) is 23.6. The molecule has 10 heteroatoms. The van der Waals surface area contributed by atoms with Gasteiger partial charge in [0.05, 0.1) is 31.5 Å². The molecule has 1 aliphatic rings. The Bertz CT molecular complexity index is 1060. The van der Waals surface area contributed by atoms with Gasteiger partial charge in [-0.3, -0.25) is 9.59 Å². The lowest BCUT2D eigenvalue weighted by Gasteiger charge is -2.28.